The van der Waals surface area contributed by atoms with E-state index in [1.807, 2.05) is 49.4 Å². The van der Waals surface area contributed by atoms with Crippen LogP contribution in [0.25, 0.3) is 0 Å². The van der Waals surface area contributed by atoms with Gasteiger partial charge >= 0.3 is 12.0 Å². The lowest BCUT2D eigenvalue weighted by atomic mass is 10.0. The number of hydrogen-bond donors (Lipinski definition) is 2. The zero-order valence-electron chi connectivity index (χ0n) is 24.9. The Morgan fingerprint density at radius 1 is 1.02 bits per heavy atom. The largest absolute Gasteiger partial charge is 0.462 e. The number of hydrogen-bond acceptors (Lipinski definition) is 6. The molecule has 1 fully saturated rings. The lowest BCUT2D eigenvalue weighted by molar-refractivity contribution is -0.911. The van der Waals surface area contributed by atoms with Gasteiger partial charge in [-0.15, -0.1) is 0 Å². The molecule has 2 aliphatic rings. The Morgan fingerprint density at radius 2 is 1.72 bits per heavy atom. The number of carbonyl (C=O) groups is 3. The maximum absolute atomic E-state index is 14.0. The number of primary amides is 1. The molecule has 226 valence electrons. The molecule has 0 bridgehead atoms. The lowest BCUT2D eigenvalue weighted by Crippen LogP contribution is -2.56. The first kappa shape index (κ1) is 29.9. The van der Waals surface area contributed by atoms with Gasteiger partial charge in [0.2, 0.25) is 12.7 Å². The number of esters is 1. The highest BCUT2D eigenvalue weighted by Gasteiger charge is 2.44. The average Bonchev–Trinajstić information content (AvgIpc) is 3.60. The van der Waals surface area contributed by atoms with Crippen molar-refractivity contribution in [1.82, 2.24) is 4.90 Å². The molecular weight excluding hydrogens is 548 g/mol. The molecule has 0 radical (unpaired) electrons. The minimum atomic E-state index is -0.858. The van der Waals surface area contributed by atoms with Crippen molar-refractivity contribution in [1.29, 1.82) is 0 Å². The van der Waals surface area contributed by atoms with Crippen LogP contribution in [0, 0.1) is 6.92 Å². The van der Waals surface area contributed by atoms with Gasteiger partial charge in [0.15, 0.2) is 11.5 Å². The van der Waals surface area contributed by atoms with E-state index in [2.05, 4.69) is 12.4 Å². The molecule has 10 heteroatoms. The van der Waals surface area contributed by atoms with Gasteiger partial charge in [0.25, 0.3) is 0 Å². The molecular formula is C33H39N4O6+. The Labute approximate surface area is 251 Å². The predicted octanol–water partition coefficient (Wildman–Crippen LogP) is 4.25. The number of ether oxygens (including phenoxy) is 3. The second-order valence-electron chi connectivity index (χ2n) is 11.6. The van der Waals surface area contributed by atoms with E-state index < -0.39 is 23.9 Å². The number of nitrogens with one attached hydrogen (secondary N) is 1. The van der Waals surface area contributed by atoms with Gasteiger partial charge in [0, 0.05) is 24.1 Å². The van der Waals surface area contributed by atoms with E-state index in [9.17, 15) is 14.4 Å². The Hall–Kier alpha value is -4.57. The molecule has 0 saturated carbocycles. The zero-order chi connectivity index (χ0) is 30.6. The molecule has 2 aliphatic heterocycles. The normalized spacial score (nSPS) is 19.5. The number of aryl methyl sites for hydroxylation is 1. The van der Waals surface area contributed by atoms with E-state index in [1.54, 1.807) is 36.1 Å². The molecule has 0 aromatic heterocycles. The van der Waals surface area contributed by atoms with Gasteiger partial charge < -0.3 is 34.6 Å². The molecule has 0 spiro atoms. The fourth-order valence-electron chi connectivity index (χ4n) is 5.94. The van der Waals surface area contributed by atoms with Gasteiger partial charge in [-0.05, 0) is 61.9 Å². The number of likely N-dealkylation sites (tertiary alicyclic amines) is 1. The number of amides is 3. The number of fused-ring (bicyclic) bond motifs is 1. The first-order valence-electron chi connectivity index (χ1n) is 14.6. The molecule has 3 atom stereocenters. The zero-order valence-corrected chi connectivity index (χ0v) is 24.9. The van der Waals surface area contributed by atoms with Crippen LogP contribution in [0.5, 0.6) is 11.5 Å². The quantitative estimate of drug-likeness (QED) is 0.270. The first-order valence-corrected chi connectivity index (χ1v) is 14.6. The van der Waals surface area contributed by atoms with Crippen LogP contribution in [-0.2, 0) is 22.5 Å². The van der Waals surface area contributed by atoms with Crippen molar-refractivity contribution in [3.05, 3.63) is 89.0 Å². The number of nitrogens with zero attached hydrogens (tertiary/aromatic N) is 2. The van der Waals surface area contributed by atoms with Crippen molar-refractivity contribution in [2.45, 2.75) is 45.3 Å². The van der Waals surface area contributed by atoms with Crippen LogP contribution < -0.4 is 20.5 Å². The van der Waals surface area contributed by atoms with Crippen molar-refractivity contribution in [2.24, 2.45) is 5.73 Å². The number of benzene rings is 3. The van der Waals surface area contributed by atoms with E-state index in [-0.39, 0.29) is 19.4 Å². The van der Waals surface area contributed by atoms with Crippen LogP contribution >= 0.6 is 0 Å². The third kappa shape index (κ3) is 7.09. The number of likely N-dealkylation sites (N-methyl/N-ethyl adjacent to an activating group) is 1. The standard InChI is InChI=1S/C33H38N4O6/c1-4-41-32(39)25-10-12-26(13-11-25)35-33(40)36(28(31(34)38)17-23-7-5-22(2)6-8-23)27-15-16-37(3,20-27)19-24-9-14-29-30(18-24)43-21-42-29/h5-14,18,27-28H,4,15-17,19-21H2,1-3H3,(H2-,34,35,38,39,40)/p+1/t27-,28+,37?/m1/s1. The number of nitrogens with two attached hydrogens (primary N) is 1. The van der Waals surface area contributed by atoms with E-state index in [4.69, 9.17) is 19.9 Å². The van der Waals surface area contributed by atoms with Gasteiger partial charge in [-0.2, -0.15) is 0 Å². The molecule has 3 aromatic rings. The molecule has 2 heterocycles. The molecule has 3 amide bonds. The van der Waals surface area contributed by atoms with Crippen LogP contribution in [0.1, 0.15) is 40.4 Å². The highest BCUT2D eigenvalue weighted by atomic mass is 16.7. The van der Waals surface area contributed by atoms with E-state index >= 15 is 0 Å². The van der Waals surface area contributed by atoms with Crippen LogP contribution in [0.3, 0.4) is 0 Å². The van der Waals surface area contributed by atoms with Gasteiger partial charge in [0.05, 0.1) is 38.3 Å². The van der Waals surface area contributed by atoms with Gasteiger partial charge in [-0.3, -0.25) is 4.79 Å². The average molecular weight is 588 g/mol. The summed E-state index contributed by atoms with van der Waals surface area (Å²) in [7, 11) is 2.16. The number of quaternary nitrogens is 1. The first-order chi connectivity index (χ1) is 20.6. The van der Waals surface area contributed by atoms with Crippen molar-refractivity contribution >= 4 is 23.6 Å². The highest BCUT2D eigenvalue weighted by Crippen LogP contribution is 2.34. The summed E-state index contributed by atoms with van der Waals surface area (Å²) in [6, 6.07) is 18.9. The van der Waals surface area contributed by atoms with Crippen molar-refractivity contribution in [2.75, 3.05) is 38.9 Å². The van der Waals surface area contributed by atoms with Crippen LogP contribution in [0.15, 0.2) is 66.7 Å². The van der Waals surface area contributed by atoms with Gasteiger partial charge in [-0.1, -0.05) is 29.8 Å². The Balaban J connectivity index is 1.38. The van der Waals surface area contributed by atoms with Crippen molar-refractivity contribution in [3.8, 4) is 11.5 Å². The maximum Gasteiger partial charge on any atom is 0.338 e. The third-order valence-electron chi connectivity index (χ3n) is 8.14. The van der Waals surface area contributed by atoms with E-state index in [1.165, 1.54) is 0 Å². The summed E-state index contributed by atoms with van der Waals surface area (Å²) in [6.07, 6.45) is 1.00. The lowest BCUT2D eigenvalue weighted by Gasteiger charge is -2.36. The third-order valence-corrected chi connectivity index (χ3v) is 8.14. The molecule has 3 aromatic carbocycles. The predicted molar refractivity (Wildman–Crippen MR) is 162 cm³/mol. The monoisotopic (exact) mass is 587 g/mol. The SMILES string of the molecule is CCOC(=O)c1ccc(NC(=O)N([C@@H]2CC[N+](C)(Cc3ccc4c(c3)OCO4)C2)[C@@H](Cc2ccc(C)cc2)C(N)=O)cc1. The fourth-order valence-corrected chi connectivity index (χ4v) is 5.94. The summed E-state index contributed by atoms with van der Waals surface area (Å²) in [4.78, 5) is 40.7. The molecule has 5 rings (SSSR count). The van der Waals surface area contributed by atoms with Crippen molar-refractivity contribution < 1.29 is 33.1 Å². The van der Waals surface area contributed by atoms with Gasteiger partial charge in [-0.25, -0.2) is 9.59 Å². The minimum absolute atomic E-state index is 0.220. The number of urea groups is 1. The van der Waals surface area contributed by atoms with Crippen molar-refractivity contribution in [3.63, 3.8) is 0 Å². The molecule has 0 aliphatic carbocycles. The summed E-state index contributed by atoms with van der Waals surface area (Å²) in [6.45, 7) is 6.42. The summed E-state index contributed by atoms with van der Waals surface area (Å²) in [5, 5.41) is 2.94. The molecule has 3 N–H and O–H groups in total. The molecule has 1 saturated heterocycles. The Bertz CT molecular complexity index is 1480. The van der Waals surface area contributed by atoms with Crippen LogP contribution in [0.4, 0.5) is 10.5 Å². The Morgan fingerprint density at radius 3 is 2.42 bits per heavy atom. The fraction of sp³-hybridized carbons (Fsp3) is 0.364. The van der Waals surface area contributed by atoms with E-state index in [0.717, 1.165) is 41.3 Å². The maximum atomic E-state index is 14.0. The van der Waals surface area contributed by atoms with Crippen LogP contribution in [0.2, 0.25) is 0 Å². The van der Waals surface area contributed by atoms with E-state index in [0.29, 0.717) is 35.1 Å². The number of anilines is 1. The van der Waals surface area contributed by atoms with Crippen LogP contribution in [-0.4, -0.2) is 72.9 Å². The molecule has 43 heavy (non-hydrogen) atoms. The minimum Gasteiger partial charge on any atom is -0.462 e. The summed E-state index contributed by atoms with van der Waals surface area (Å²) in [5.41, 5.74) is 10.0. The summed E-state index contributed by atoms with van der Waals surface area (Å²) >= 11 is 0. The second-order valence-corrected chi connectivity index (χ2v) is 11.6. The summed E-state index contributed by atoms with van der Waals surface area (Å²) < 4.78 is 16.8. The second kappa shape index (κ2) is 12.7. The topological polar surface area (TPSA) is 120 Å². The number of rotatable bonds is 10. The van der Waals surface area contributed by atoms with Gasteiger partial charge in [0.1, 0.15) is 12.6 Å². The number of carbonyl (C=O) groups excluding carboxylic acids is 3. The summed E-state index contributed by atoms with van der Waals surface area (Å²) in [5.74, 6) is 0.482. The Kier molecular flexibility index (Phi) is 8.86. The smallest absolute Gasteiger partial charge is 0.338 e. The molecule has 1 unspecified atom stereocenters. The molecule has 10 nitrogen and oxygen atoms in total. The highest BCUT2D eigenvalue weighted by molar-refractivity contribution is 5.95.